The number of carbonyl (C=O) groups is 1. The van der Waals surface area contributed by atoms with Gasteiger partial charge in [-0.05, 0) is 18.4 Å². The van der Waals surface area contributed by atoms with Crippen molar-refractivity contribution in [2.45, 2.75) is 45.4 Å². The van der Waals surface area contributed by atoms with Gasteiger partial charge in [-0.2, -0.15) is 0 Å². The molecule has 0 bridgehead atoms. The number of hydrogen-bond acceptors (Lipinski definition) is 2. The van der Waals surface area contributed by atoms with Gasteiger partial charge in [0.1, 0.15) is 0 Å². The Bertz CT molecular complexity index is 399. The zero-order chi connectivity index (χ0) is 15.0. The first-order valence-electron chi connectivity index (χ1n) is 7.60. The van der Waals surface area contributed by atoms with Crippen molar-refractivity contribution in [3.05, 3.63) is 35.9 Å². The first-order chi connectivity index (χ1) is 9.57. The maximum Gasteiger partial charge on any atom is 0.223 e. The minimum atomic E-state index is -0.280. The number of amides is 1. The predicted molar refractivity (Wildman–Crippen MR) is 84.6 cm³/mol. The summed E-state index contributed by atoms with van der Waals surface area (Å²) in [6, 6.07) is 10.1. The maximum absolute atomic E-state index is 12.5. The van der Waals surface area contributed by atoms with E-state index in [2.05, 4.69) is 32.9 Å². The molecular formula is C17H28N2O. The lowest BCUT2D eigenvalue weighted by Crippen LogP contribution is -2.41. The van der Waals surface area contributed by atoms with E-state index in [9.17, 15) is 4.79 Å². The largest absolute Gasteiger partial charge is 0.343 e. The van der Waals surface area contributed by atoms with Crippen molar-refractivity contribution >= 4 is 5.91 Å². The number of nitrogens with zero attached hydrogens (tertiary/aromatic N) is 1. The van der Waals surface area contributed by atoms with Crippen molar-refractivity contribution in [1.82, 2.24) is 4.90 Å². The minimum absolute atomic E-state index is 0.213. The van der Waals surface area contributed by atoms with Crippen LogP contribution in [-0.2, 0) is 10.2 Å². The molecule has 0 saturated heterocycles. The summed E-state index contributed by atoms with van der Waals surface area (Å²) in [5, 5.41) is 0. The molecule has 1 aromatic rings. The van der Waals surface area contributed by atoms with Crippen molar-refractivity contribution < 1.29 is 4.79 Å². The molecule has 20 heavy (non-hydrogen) atoms. The molecular weight excluding hydrogens is 248 g/mol. The van der Waals surface area contributed by atoms with E-state index in [0.29, 0.717) is 13.0 Å². The van der Waals surface area contributed by atoms with Gasteiger partial charge in [0.15, 0.2) is 0 Å². The van der Waals surface area contributed by atoms with Crippen LogP contribution in [0.1, 0.15) is 45.6 Å². The van der Waals surface area contributed by atoms with E-state index in [-0.39, 0.29) is 11.3 Å². The standard InChI is InChI=1S/C17H28N2O/c1-4-11-19(12-5-2)16(20)13-17(3,14-18)15-9-7-6-8-10-15/h6-10H,4-5,11-14,18H2,1-3H3. The number of hydrogen-bond donors (Lipinski definition) is 1. The highest BCUT2D eigenvalue weighted by Crippen LogP contribution is 2.27. The van der Waals surface area contributed by atoms with Gasteiger partial charge in [-0.25, -0.2) is 0 Å². The molecule has 1 atom stereocenters. The van der Waals surface area contributed by atoms with E-state index in [1.54, 1.807) is 0 Å². The Morgan fingerprint density at radius 1 is 1.15 bits per heavy atom. The van der Waals surface area contributed by atoms with Crippen molar-refractivity contribution in [2.24, 2.45) is 5.73 Å². The molecule has 1 rings (SSSR count). The lowest BCUT2D eigenvalue weighted by atomic mass is 9.79. The van der Waals surface area contributed by atoms with Crippen LogP contribution in [0.15, 0.2) is 30.3 Å². The molecule has 112 valence electrons. The second kappa shape index (κ2) is 8.05. The van der Waals surface area contributed by atoms with Gasteiger partial charge in [-0.3, -0.25) is 4.79 Å². The summed E-state index contributed by atoms with van der Waals surface area (Å²) in [6.07, 6.45) is 2.47. The average molecular weight is 276 g/mol. The fourth-order valence-electron chi connectivity index (χ4n) is 2.48. The van der Waals surface area contributed by atoms with E-state index < -0.39 is 0 Å². The zero-order valence-electron chi connectivity index (χ0n) is 13.1. The number of carbonyl (C=O) groups excluding carboxylic acids is 1. The summed E-state index contributed by atoms with van der Waals surface area (Å²) in [4.78, 5) is 14.5. The van der Waals surface area contributed by atoms with Crippen molar-refractivity contribution in [3.8, 4) is 0 Å². The zero-order valence-corrected chi connectivity index (χ0v) is 13.1. The molecule has 0 radical (unpaired) electrons. The normalized spacial score (nSPS) is 13.8. The third-order valence-electron chi connectivity index (χ3n) is 3.80. The van der Waals surface area contributed by atoms with Gasteiger partial charge in [-0.15, -0.1) is 0 Å². The molecule has 3 heteroatoms. The summed E-state index contributed by atoms with van der Waals surface area (Å²) in [7, 11) is 0. The topological polar surface area (TPSA) is 46.3 Å². The fourth-order valence-corrected chi connectivity index (χ4v) is 2.48. The van der Waals surface area contributed by atoms with Crippen LogP contribution in [0.5, 0.6) is 0 Å². The molecule has 1 amide bonds. The van der Waals surface area contributed by atoms with Gasteiger partial charge < -0.3 is 10.6 Å². The number of rotatable bonds is 8. The molecule has 0 saturated carbocycles. The summed E-state index contributed by atoms with van der Waals surface area (Å²) in [5.74, 6) is 0.213. The quantitative estimate of drug-likeness (QED) is 0.793. The highest BCUT2D eigenvalue weighted by Gasteiger charge is 2.29. The summed E-state index contributed by atoms with van der Waals surface area (Å²) < 4.78 is 0. The Morgan fingerprint density at radius 3 is 2.15 bits per heavy atom. The Hall–Kier alpha value is -1.35. The lowest BCUT2D eigenvalue weighted by molar-refractivity contribution is -0.132. The Balaban J connectivity index is 2.83. The monoisotopic (exact) mass is 276 g/mol. The molecule has 0 aliphatic rings. The lowest BCUT2D eigenvalue weighted by Gasteiger charge is -2.31. The minimum Gasteiger partial charge on any atom is -0.343 e. The van der Waals surface area contributed by atoms with E-state index in [0.717, 1.165) is 31.5 Å². The second-order valence-corrected chi connectivity index (χ2v) is 5.69. The van der Waals surface area contributed by atoms with Crippen molar-refractivity contribution in [1.29, 1.82) is 0 Å². The Morgan fingerprint density at radius 2 is 1.70 bits per heavy atom. The molecule has 1 unspecified atom stereocenters. The van der Waals surface area contributed by atoms with Crippen LogP contribution in [-0.4, -0.2) is 30.4 Å². The smallest absolute Gasteiger partial charge is 0.223 e. The molecule has 0 aliphatic heterocycles. The molecule has 0 heterocycles. The van der Waals surface area contributed by atoms with Crippen molar-refractivity contribution in [3.63, 3.8) is 0 Å². The Kier molecular flexibility index (Phi) is 6.73. The summed E-state index contributed by atoms with van der Waals surface area (Å²) >= 11 is 0. The fraction of sp³-hybridized carbons (Fsp3) is 0.588. The Labute approximate surface area is 123 Å². The van der Waals surface area contributed by atoms with Crippen LogP contribution < -0.4 is 5.73 Å². The summed E-state index contributed by atoms with van der Waals surface area (Å²) in [5.41, 5.74) is 6.83. The SMILES string of the molecule is CCCN(CCC)C(=O)CC(C)(CN)c1ccccc1. The van der Waals surface area contributed by atoms with Crippen LogP contribution in [0, 0.1) is 0 Å². The molecule has 2 N–H and O–H groups in total. The summed E-state index contributed by atoms with van der Waals surface area (Å²) in [6.45, 7) is 8.44. The van der Waals surface area contributed by atoms with E-state index in [4.69, 9.17) is 5.73 Å². The van der Waals surface area contributed by atoms with E-state index in [1.807, 2.05) is 23.1 Å². The van der Waals surface area contributed by atoms with E-state index >= 15 is 0 Å². The maximum atomic E-state index is 12.5. The van der Waals surface area contributed by atoms with Gasteiger partial charge in [0.2, 0.25) is 5.91 Å². The highest BCUT2D eigenvalue weighted by atomic mass is 16.2. The molecule has 0 spiro atoms. The third-order valence-corrected chi connectivity index (χ3v) is 3.80. The van der Waals surface area contributed by atoms with Crippen molar-refractivity contribution in [2.75, 3.05) is 19.6 Å². The first-order valence-corrected chi connectivity index (χ1v) is 7.60. The third kappa shape index (κ3) is 4.34. The van der Waals surface area contributed by atoms with Gasteiger partial charge in [0.05, 0.1) is 0 Å². The van der Waals surface area contributed by atoms with Gasteiger partial charge in [-0.1, -0.05) is 51.1 Å². The predicted octanol–water partition coefficient (Wildman–Crippen LogP) is 2.94. The highest BCUT2D eigenvalue weighted by molar-refractivity contribution is 5.77. The molecule has 3 nitrogen and oxygen atoms in total. The van der Waals surface area contributed by atoms with Gasteiger partial charge in [0.25, 0.3) is 0 Å². The van der Waals surface area contributed by atoms with Gasteiger partial charge >= 0.3 is 0 Å². The van der Waals surface area contributed by atoms with Gasteiger partial charge in [0, 0.05) is 31.5 Å². The molecule has 0 aliphatic carbocycles. The molecule has 0 aromatic heterocycles. The van der Waals surface area contributed by atoms with E-state index in [1.165, 1.54) is 0 Å². The van der Waals surface area contributed by atoms with Crippen LogP contribution >= 0.6 is 0 Å². The van der Waals surface area contributed by atoms with Crippen LogP contribution in [0.3, 0.4) is 0 Å². The van der Waals surface area contributed by atoms with Crippen LogP contribution in [0.2, 0.25) is 0 Å². The molecule has 0 fully saturated rings. The average Bonchev–Trinajstić information content (AvgIpc) is 2.47. The number of nitrogens with two attached hydrogens (primary N) is 1. The van der Waals surface area contributed by atoms with Crippen LogP contribution in [0.4, 0.5) is 0 Å². The molecule has 1 aromatic carbocycles. The first kappa shape index (κ1) is 16.7. The van der Waals surface area contributed by atoms with Crippen LogP contribution in [0.25, 0.3) is 0 Å². The second-order valence-electron chi connectivity index (χ2n) is 5.69. The number of benzene rings is 1.